The van der Waals surface area contributed by atoms with Crippen molar-refractivity contribution < 1.29 is 19.1 Å². The average molecular weight is 414 g/mol. The summed E-state index contributed by atoms with van der Waals surface area (Å²) < 4.78 is 5.05. The van der Waals surface area contributed by atoms with Gasteiger partial charge in [-0.1, -0.05) is 51.8 Å². The molecule has 7 heteroatoms. The average Bonchev–Trinajstić information content (AvgIpc) is 3.19. The molecule has 1 saturated carbocycles. The first kappa shape index (κ1) is 22.0. The van der Waals surface area contributed by atoms with Crippen molar-refractivity contribution in [2.45, 2.75) is 53.4 Å². The van der Waals surface area contributed by atoms with Gasteiger partial charge in [0.2, 0.25) is 0 Å². The molecule has 1 aromatic rings. The number of carbonyl (C=O) groups excluding carboxylic acids is 3. The Morgan fingerprint density at radius 2 is 1.80 bits per heavy atom. The molecule has 1 fully saturated rings. The molecule has 3 rings (SSSR count). The van der Waals surface area contributed by atoms with Crippen LogP contribution >= 0.6 is 0 Å². The van der Waals surface area contributed by atoms with Gasteiger partial charge in [-0.05, 0) is 25.8 Å². The molecular weight excluding hydrogens is 382 g/mol. The van der Waals surface area contributed by atoms with Crippen molar-refractivity contribution in [2.24, 2.45) is 16.4 Å². The van der Waals surface area contributed by atoms with E-state index in [9.17, 15) is 14.4 Å². The molecule has 7 nitrogen and oxygen atoms in total. The molecule has 162 valence electrons. The first-order valence-electron chi connectivity index (χ1n) is 10.7. The molecule has 1 heterocycles. The van der Waals surface area contributed by atoms with Gasteiger partial charge in [0, 0.05) is 16.9 Å². The lowest BCUT2D eigenvalue weighted by Gasteiger charge is -2.28. The molecule has 30 heavy (non-hydrogen) atoms. The van der Waals surface area contributed by atoms with Gasteiger partial charge in [-0.3, -0.25) is 14.5 Å². The standard InChI is InChI=1S/C23H31N3O4/c1-5-30-20(28)15-26-22(29)25(14-19(27)23(2,3)4)18-13-9-8-12-17(18)21(24-26)16-10-6-7-11-16/h8-9,12-13,16H,5-7,10-11,14-15H2,1-4H3. The Labute approximate surface area is 178 Å². The summed E-state index contributed by atoms with van der Waals surface area (Å²) in [6.07, 6.45) is 4.22. The van der Waals surface area contributed by atoms with E-state index in [4.69, 9.17) is 4.74 Å². The van der Waals surface area contributed by atoms with Gasteiger partial charge in [0.25, 0.3) is 0 Å². The highest BCUT2D eigenvalue weighted by atomic mass is 16.5. The summed E-state index contributed by atoms with van der Waals surface area (Å²) in [5.41, 5.74) is 1.73. The summed E-state index contributed by atoms with van der Waals surface area (Å²) in [7, 11) is 0. The Kier molecular flexibility index (Phi) is 6.58. The molecule has 0 unspecified atom stereocenters. The fourth-order valence-corrected chi connectivity index (χ4v) is 3.86. The normalized spacial score (nSPS) is 17.5. The number of hydrogen-bond donors (Lipinski definition) is 0. The summed E-state index contributed by atoms with van der Waals surface area (Å²) in [5.74, 6) is -0.360. The molecule has 0 saturated heterocycles. The monoisotopic (exact) mass is 413 g/mol. The number of benzene rings is 1. The first-order valence-corrected chi connectivity index (χ1v) is 10.7. The van der Waals surface area contributed by atoms with E-state index in [2.05, 4.69) is 5.10 Å². The van der Waals surface area contributed by atoms with Gasteiger partial charge in [0.05, 0.1) is 24.6 Å². The third-order valence-corrected chi connectivity index (χ3v) is 5.62. The smallest absolute Gasteiger partial charge is 0.345 e. The zero-order valence-electron chi connectivity index (χ0n) is 18.3. The number of Topliss-reactive ketones (excluding diaryl/α,β-unsaturated/α-hetero) is 1. The van der Waals surface area contributed by atoms with Gasteiger partial charge in [-0.25, -0.2) is 9.80 Å². The molecular formula is C23H31N3O4. The maximum absolute atomic E-state index is 13.5. The number of amides is 2. The SMILES string of the molecule is CCOC(=O)CN1N=C(C2CCCC2)c2ccccc2N(CC(=O)C(C)(C)C)C1=O. The van der Waals surface area contributed by atoms with E-state index >= 15 is 0 Å². The third-order valence-electron chi connectivity index (χ3n) is 5.62. The number of anilines is 1. The Bertz CT molecular complexity index is 850. The first-order chi connectivity index (χ1) is 14.2. The summed E-state index contributed by atoms with van der Waals surface area (Å²) in [5, 5.41) is 5.84. The van der Waals surface area contributed by atoms with E-state index in [1.54, 1.807) is 6.92 Å². The third kappa shape index (κ3) is 4.71. The minimum absolute atomic E-state index is 0.0638. The fourth-order valence-electron chi connectivity index (χ4n) is 3.86. The molecule has 0 N–H and O–H groups in total. The molecule has 0 aromatic heterocycles. The predicted octanol–water partition coefficient (Wildman–Crippen LogP) is 4.00. The molecule has 0 bridgehead atoms. The van der Waals surface area contributed by atoms with Crippen molar-refractivity contribution in [3.8, 4) is 0 Å². The van der Waals surface area contributed by atoms with Crippen molar-refractivity contribution in [3.05, 3.63) is 29.8 Å². The van der Waals surface area contributed by atoms with Crippen LogP contribution in [-0.2, 0) is 14.3 Å². The topological polar surface area (TPSA) is 79.3 Å². The maximum Gasteiger partial charge on any atom is 0.345 e. The van der Waals surface area contributed by atoms with Gasteiger partial charge in [-0.2, -0.15) is 5.10 Å². The van der Waals surface area contributed by atoms with Gasteiger partial charge in [-0.15, -0.1) is 0 Å². The maximum atomic E-state index is 13.5. The molecule has 1 aromatic carbocycles. The van der Waals surface area contributed by atoms with Crippen LogP contribution in [0, 0.1) is 11.3 Å². The van der Waals surface area contributed by atoms with Crippen LogP contribution in [0.25, 0.3) is 0 Å². The second-order valence-electron chi connectivity index (χ2n) is 8.89. The van der Waals surface area contributed by atoms with E-state index in [-0.39, 0.29) is 31.4 Å². The molecule has 1 aliphatic carbocycles. The second-order valence-corrected chi connectivity index (χ2v) is 8.89. The Hall–Kier alpha value is -2.70. The highest BCUT2D eigenvalue weighted by Gasteiger charge is 2.36. The molecule has 0 radical (unpaired) electrons. The van der Waals surface area contributed by atoms with Crippen LogP contribution in [0.5, 0.6) is 0 Å². The van der Waals surface area contributed by atoms with Crippen LogP contribution in [0.4, 0.5) is 10.5 Å². The van der Waals surface area contributed by atoms with Gasteiger partial charge >= 0.3 is 12.0 Å². The fraction of sp³-hybridized carbons (Fsp3) is 0.565. The Morgan fingerprint density at radius 1 is 1.13 bits per heavy atom. The molecule has 1 aliphatic heterocycles. The van der Waals surface area contributed by atoms with E-state index in [0.717, 1.165) is 37.0 Å². The number of ketones is 1. The summed E-state index contributed by atoms with van der Waals surface area (Å²) in [6, 6.07) is 7.08. The quantitative estimate of drug-likeness (QED) is 0.660. The van der Waals surface area contributed by atoms with Gasteiger partial charge in [0.15, 0.2) is 5.78 Å². The van der Waals surface area contributed by atoms with Gasteiger partial charge in [0.1, 0.15) is 6.54 Å². The molecule has 0 spiro atoms. The molecule has 2 amide bonds. The van der Waals surface area contributed by atoms with Crippen LogP contribution in [0.1, 0.15) is 58.9 Å². The van der Waals surface area contributed by atoms with Crippen molar-refractivity contribution >= 4 is 29.2 Å². The zero-order valence-corrected chi connectivity index (χ0v) is 18.3. The van der Waals surface area contributed by atoms with Crippen LogP contribution in [-0.4, -0.2) is 48.2 Å². The van der Waals surface area contributed by atoms with E-state index in [0.29, 0.717) is 5.69 Å². The van der Waals surface area contributed by atoms with E-state index in [1.165, 1.54) is 9.91 Å². The highest BCUT2D eigenvalue weighted by Crippen LogP contribution is 2.35. The summed E-state index contributed by atoms with van der Waals surface area (Å²) in [6.45, 7) is 7.09. The number of ether oxygens (including phenoxy) is 1. The summed E-state index contributed by atoms with van der Waals surface area (Å²) >= 11 is 0. The second kappa shape index (κ2) is 8.98. The minimum atomic E-state index is -0.595. The van der Waals surface area contributed by atoms with Gasteiger partial charge < -0.3 is 4.74 Å². The number of hydrazone groups is 1. The number of rotatable bonds is 6. The minimum Gasteiger partial charge on any atom is -0.465 e. The van der Waals surface area contributed by atoms with E-state index < -0.39 is 17.4 Å². The number of hydrogen-bond acceptors (Lipinski definition) is 5. The number of nitrogens with zero attached hydrogens (tertiary/aromatic N) is 3. The number of urea groups is 1. The Morgan fingerprint density at radius 3 is 2.43 bits per heavy atom. The van der Waals surface area contributed by atoms with Crippen LogP contribution in [0.15, 0.2) is 29.4 Å². The zero-order chi connectivity index (χ0) is 21.9. The van der Waals surface area contributed by atoms with Crippen LogP contribution in [0.3, 0.4) is 0 Å². The van der Waals surface area contributed by atoms with Crippen LogP contribution < -0.4 is 4.90 Å². The van der Waals surface area contributed by atoms with Crippen molar-refractivity contribution in [2.75, 3.05) is 24.6 Å². The lowest BCUT2D eigenvalue weighted by atomic mass is 9.90. The lowest BCUT2D eigenvalue weighted by molar-refractivity contribution is -0.143. The number of esters is 1. The largest absolute Gasteiger partial charge is 0.465 e. The lowest BCUT2D eigenvalue weighted by Crippen LogP contribution is -2.46. The number of carbonyl (C=O) groups is 3. The number of fused-ring (bicyclic) bond motifs is 1. The van der Waals surface area contributed by atoms with E-state index in [1.807, 2.05) is 45.0 Å². The van der Waals surface area contributed by atoms with Crippen molar-refractivity contribution in [1.82, 2.24) is 5.01 Å². The Balaban J connectivity index is 2.06. The van der Waals surface area contributed by atoms with Crippen molar-refractivity contribution in [3.63, 3.8) is 0 Å². The number of para-hydroxylation sites is 1. The van der Waals surface area contributed by atoms with Crippen LogP contribution in [0.2, 0.25) is 0 Å². The highest BCUT2D eigenvalue weighted by molar-refractivity contribution is 6.13. The molecule has 0 atom stereocenters. The van der Waals surface area contributed by atoms with Crippen molar-refractivity contribution in [1.29, 1.82) is 0 Å². The molecule has 2 aliphatic rings. The predicted molar refractivity (Wildman–Crippen MR) is 115 cm³/mol. The summed E-state index contributed by atoms with van der Waals surface area (Å²) in [4.78, 5) is 39.9.